The molecule has 2 N–H and O–H groups in total. The minimum absolute atomic E-state index is 0.0154. The number of aliphatic carboxylic acids is 1. The Bertz CT molecular complexity index is 521. The number of nitrogens with one attached hydrogen (secondary N) is 1. The summed E-state index contributed by atoms with van der Waals surface area (Å²) in [6.07, 6.45) is 0. The quantitative estimate of drug-likeness (QED) is 0.652. The molecule has 0 atom stereocenters. The topological polar surface area (TPSA) is 86.7 Å². The lowest BCUT2D eigenvalue weighted by atomic mass is 10.4. The molecule has 0 bridgehead atoms. The first-order valence-corrected chi connectivity index (χ1v) is 8.73. The maximum Gasteiger partial charge on any atom is 0.313 e. The van der Waals surface area contributed by atoms with Crippen LogP contribution < -0.4 is 5.32 Å². The summed E-state index contributed by atoms with van der Waals surface area (Å²) < 4.78 is 0.860. The molecule has 0 aromatic carbocycles. The number of hydrogen-bond acceptors (Lipinski definition) is 5. The largest absolute Gasteiger partial charge is 0.481 e. The van der Waals surface area contributed by atoms with E-state index in [4.69, 9.17) is 5.11 Å². The highest BCUT2D eigenvalue weighted by molar-refractivity contribution is 9.11. The molecule has 1 rings (SSSR count). The highest BCUT2D eigenvalue weighted by atomic mass is 79.9. The number of amides is 2. The van der Waals surface area contributed by atoms with E-state index in [2.05, 4.69) is 21.2 Å². The van der Waals surface area contributed by atoms with Crippen LogP contribution in [0.4, 0.5) is 0 Å². The van der Waals surface area contributed by atoms with Gasteiger partial charge in [-0.2, -0.15) is 0 Å². The number of carboxylic acids is 1. The summed E-state index contributed by atoms with van der Waals surface area (Å²) in [5, 5.41) is 11.1. The Hall–Kier alpha value is -1.06. The molecular weight excluding hydrogens is 380 g/mol. The summed E-state index contributed by atoms with van der Waals surface area (Å²) in [7, 11) is 1.56. The fourth-order valence-electron chi connectivity index (χ4n) is 1.38. The predicted molar refractivity (Wildman–Crippen MR) is 87.0 cm³/mol. The van der Waals surface area contributed by atoms with Crippen molar-refractivity contribution in [2.45, 2.75) is 0 Å². The van der Waals surface area contributed by atoms with Crippen molar-refractivity contribution in [3.05, 3.63) is 20.8 Å². The van der Waals surface area contributed by atoms with Crippen molar-refractivity contribution in [3.8, 4) is 0 Å². The third-order valence-corrected chi connectivity index (χ3v) is 4.86. The second kappa shape index (κ2) is 9.06. The number of carbonyl (C=O) groups excluding carboxylic acids is 2. The van der Waals surface area contributed by atoms with Gasteiger partial charge in [0.25, 0.3) is 5.91 Å². The van der Waals surface area contributed by atoms with E-state index < -0.39 is 5.97 Å². The predicted octanol–water partition coefficient (Wildman–Crippen LogP) is 1.52. The molecular formula is C12H15BrN2O4S2. The summed E-state index contributed by atoms with van der Waals surface area (Å²) in [5.41, 5.74) is 0. The van der Waals surface area contributed by atoms with Gasteiger partial charge in [0.05, 0.1) is 21.0 Å². The lowest BCUT2D eigenvalue weighted by molar-refractivity contribution is -0.133. The molecule has 0 unspecified atom stereocenters. The molecule has 1 aromatic heterocycles. The fourth-order valence-corrected chi connectivity index (χ4v) is 3.33. The van der Waals surface area contributed by atoms with Gasteiger partial charge in [-0.15, -0.1) is 23.1 Å². The number of carboxylic acid groups (broad SMARTS) is 1. The summed E-state index contributed by atoms with van der Waals surface area (Å²) in [5.74, 6) is -0.813. The van der Waals surface area contributed by atoms with Crippen LogP contribution >= 0.6 is 39.0 Å². The van der Waals surface area contributed by atoms with E-state index in [9.17, 15) is 14.4 Å². The van der Waals surface area contributed by atoms with Crippen molar-refractivity contribution in [3.63, 3.8) is 0 Å². The molecule has 0 aliphatic heterocycles. The van der Waals surface area contributed by atoms with E-state index in [0.29, 0.717) is 17.2 Å². The van der Waals surface area contributed by atoms with Crippen molar-refractivity contribution in [1.82, 2.24) is 10.2 Å². The van der Waals surface area contributed by atoms with Gasteiger partial charge in [0, 0.05) is 19.3 Å². The maximum absolute atomic E-state index is 12.0. The van der Waals surface area contributed by atoms with Crippen LogP contribution in [0.2, 0.25) is 0 Å². The Morgan fingerprint density at radius 3 is 2.71 bits per heavy atom. The molecule has 0 saturated carbocycles. The standard InChI is InChI=1S/C12H15BrN2O4S2/c1-15(12(19)8-2-3-9(13)21-8)6-10(16)14-4-5-20-7-11(17)18/h2-3H,4-7H2,1H3,(H,14,16)(H,17,18). The zero-order valence-corrected chi connectivity index (χ0v) is 14.5. The van der Waals surface area contributed by atoms with Crippen molar-refractivity contribution in [1.29, 1.82) is 0 Å². The van der Waals surface area contributed by atoms with Gasteiger partial charge in [-0.05, 0) is 28.1 Å². The third-order valence-electron chi connectivity index (χ3n) is 2.31. The summed E-state index contributed by atoms with van der Waals surface area (Å²) in [6, 6.07) is 3.49. The van der Waals surface area contributed by atoms with Gasteiger partial charge in [-0.25, -0.2) is 0 Å². The van der Waals surface area contributed by atoms with Crippen LogP contribution in [0.15, 0.2) is 15.9 Å². The van der Waals surface area contributed by atoms with Gasteiger partial charge in [-0.1, -0.05) is 0 Å². The Labute approximate surface area is 139 Å². The molecule has 0 saturated heterocycles. The molecule has 0 radical (unpaired) electrons. The van der Waals surface area contributed by atoms with Crippen molar-refractivity contribution in [2.24, 2.45) is 0 Å². The van der Waals surface area contributed by atoms with Crippen molar-refractivity contribution in [2.75, 3.05) is 31.6 Å². The van der Waals surface area contributed by atoms with Crippen LogP contribution in [-0.4, -0.2) is 59.4 Å². The molecule has 6 nitrogen and oxygen atoms in total. The Kier molecular flexibility index (Phi) is 7.76. The van der Waals surface area contributed by atoms with Gasteiger partial charge in [0.1, 0.15) is 0 Å². The monoisotopic (exact) mass is 394 g/mol. The highest BCUT2D eigenvalue weighted by Crippen LogP contribution is 2.22. The molecule has 0 aliphatic carbocycles. The third kappa shape index (κ3) is 6.96. The first kappa shape index (κ1) is 18.0. The lowest BCUT2D eigenvalue weighted by Gasteiger charge is -2.15. The van der Waals surface area contributed by atoms with Gasteiger partial charge in [0.2, 0.25) is 5.91 Å². The second-order valence-electron chi connectivity index (χ2n) is 4.06. The van der Waals surface area contributed by atoms with E-state index in [1.54, 1.807) is 19.2 Å². The molecule has 0 aliphatic rings. The van der Waals surface area contributed by atoms with Crippen LogP contribution in [0.5, 0.6) is 0 Å². The van der Waals surface area contributed by atoms with Crippen molar-refractivity contribution >= 4 is 56.8 Å². The molecule has 0 spiro atoms. The van der Waals surface area contributed by atoms with E-state index in [-0.39, 0.29) is 24.1 Å². The summed E-state index contributed by atoms with van der Waals surface area (Å²) in [4.78, 5) is 35.9. The normalized spacial score (nSPS) is 10.2. The average Bonchev–Trinajstić information content (AvgIpc) is 2.83. The highest BCUT2D eigenvalue weighted by Gasteiger charge is 2.16. The number of likely N-dealkylation sites (N-methyl/N-ethyl adjacent to an activating group) is 1. The van der Waals surface area contributed by atoms with Crippen LogP contribution in [0.3, 0.4) is 0 Å². The van der Waals surface area contributed by atoms with Gasteiger partial charge >= 0.3 is 5.97 Å². The zero-order valence-electron chi connectivity index (χ0n) is 11.3. The molecule has 1 heterocycles. The lowest BCUT2D eigenvalue weighted by Crippen LogP contribution is -2.38. The Morgan fingerprint density at radius 2 is 2.14 bits per heavy atom. The number of nitrogens with zero attached hydrogens (tertiary/aromatic N) is 1. The van der Waals surface area contributed by atoms with E-state index >= 15 is 0 Å². The molecule has 116 valence electrons. The van der Waals surface area contributed by atoms with E-state index in [0.717, 1.165) is 3.79 Å². The zero-order chi connectivity index (χ0) is 15.8. The number of carbonyl (C=O) groups is 3. The molecule has 2 amide bonds. The average molecular weight is 395 g/mol. The molecule has 0 fully saturated rings. The van der Waals surface area contributed by atoms with Crippen LogP contribution in [-0.2, 0) is 9.59 Å². The maximum atomic E-state index is 12.0. The number of halogens is 1. The minimum atomic E-state index is -0.876. The summed E-state index contributed by atoms with van der Waals surface area (Å²) in [6.45, 7) is 0.349. The van der Waals surface area contributed by atoms with E-state index in [1.165, 1.54) is 28.0 Å². The fraction of sp³-hybridized carbons (Fsp3) is 0.417. The summed E-state index contributed by atoms with van der Waals surface area (Å²) >= 11 is 5.83. The van der Waals surface area contributed by atoms with Crippen LogP contribution in [0.1, 0.15) is 9.67 Å². The smallest absolute Gasteiger partial charge is 0.313 e. The number of rotatable bonds is 8. The molecule has 9 heteroatoms. The van der Waals surface area contributed by atoms with Crippen LogP contribution in [0, 0.1) is 0 Å². The SMILES string of the molecule is CN(CC(=O)NCCSCC(=O)O)C(=O)c1ccc(Br)s1. The Balaban J connectivity index is 2.27. The second-order valence-corrected chi connectivity index (χ2v) is 7.63. The Morgan fingerprint density at radius 1 is 1.43 bits per heavy atom. The van der Waals surface area contributed by atoms with Gasteiger partial charge in [0.15, 0.2) is 0 Å². The molecule has 21 heavy (non-hydrogen) atoms. The van der Waals surface area contributed by atoms with Gasteiger partial charge in [-0.3, -0.25) is 14.4 Å². The minimum Gasteiger partial charge on any atom is -0.481 e. The van der Waals surface area contributed by atoms with Crippen LogP contribution in [0.25, 0.3) is 0 Å². The van der Waals surface area contributed by atoms with Crippen molar-refractivity contribution < 1.29 is 19.5 Å². The van der Waals surface area contributed by atoms with Gasteiger partial charge < -0.3 is 15.3 Å². The number of hydrogen-bond donors (Lipinski definition) is 2. The molecule has 1 aromatic rings. The number of thiophene rings is 1. The number of thioether (sulfide) groups is 1. The van der Waals surface area contributed by atoms with E-state index in [1.807, 2.05) is 0 Å². The first-order valence-electron chi connectivity index (χ1n) is 5.97. The first-order chi connectivity index (χ1) is 9.90.